The number of aromatic amines is 1. The maximum absolute atomic E-state index is 3.81. The largest absolute Gasteiger partial charge is 0.361 e. The first-order valence-electron chi connectivity index (χ1n) is 6.40. The lowest BCUT2D eigenvalue weighted by Crippen LogP contribution is -2.26. The molecule has 1 aromatic heterocycles. The molecule has 2 N–H and O–H groups in total. The predicted octanol–water partition coefficient (Wildman–Crippen LogP) is 1.71. The number of aromatic nitrogens is 1. The molecule has 2 rings (SSSR count). The van der Waals surface area contributed by atoms with Gasteiger partial charge in [0, 0.05) is 28.9 Å². The number of hydrogen-bond donors (Lipinski definition) is 2. The number of nitrogens with one attached hydrogen (secondary N) is 2. The average Bonchev–Trinajstić information content (AvgIpc) is 2.81. The van der Waals surface area contributed by atoms with Gasteiger partial charge in [-0.3, -0.25) is 0 Å². The maximum atomic E-state index is 3.81. The zero-order valence-corrected chi connectivity index (χ0v) is 10.9. The van der Waals surface area contributed by atoms with Gasteiger partial charge in [-0.25, -0.2) is 0 Å². The second kappa shape index (κ2) is 6.22. The van der Waals surface area contributed by atoms with Crippen molar-refractivity contribution < 1.29 is 0 Å². The van der Waals surface area contributed by atoms with Crippen molar-refractivity contribution in [1.29, 1.82) is 0 Å². The zero-order valence-electron chi connectivity index (χ0n) is 10.9. The van der Waals surface area contributed by atoms with E-state index in [-0.39, 0.29) is 0 Å². The van der Waals surface area contributed by atoms with E-state index in [9.17, 15) is 0 Å². The number of rotatable bonds is 3. The fraction of sp³-hybridized carbons (Fsp3) is 0.250. The van der Waals surface area contributed by atoms with Crippen LogP contribution in [0.5, 0.6) is 0 Å². The Morgan fingerprint density at radius 1 is 1.33 bits per heavy atom. The predicted molar refractivity (Wildman–Crippen MR) is 79.4 cm³/mol. The van der Waals surface area contributed by atoms with Crippen molar-refractivity contribution in [2.45, 2.75) is 13.3 Å². The van der Waals surface area contributed by atoms with Gasteiger partial charge in [0.05, 0.1) is 0 Å². The van der Waals surface area contributed by atoms with Gasteiger partial charge < -0.3 is 10.3 Å². The molecule has 0 spiro atoms. The van der Waals surface area contributed by atoms with Crippen LogP contribution < -0.4 is 15.9 Å². The van der Waals surface area contributed by atoms with E-state index in [4.69, 9.17) is 0 Å². The van der Waals surface area contributed by atoms with Crippen LogP contribution in [0.4, 0.5) is 0 Å². The van der Waals surface area contributed by atoms with E-state index >= 15 is 0 Å². The second-order valence-corrected chi connectivity index (χ2v) is 4.31. The highest BCUT2D eigenvalue weighted by molar-refractivity contribution is 5.68. The van der Waals surface area contributed by atoms with Crippen LogP contribution in [0.1, 0.15) is 18.9 Å². The molecular formula is C16H20N2. The number of H-pyrrole nitrogens is 1. The molecule has 2 heterocycles. The van der Waals surface area contributed by atoms with E-state index in [1.165, 1.54) is 16.4 Å². The van der Waals surface area contributed by atoms with Crippen molar-refractivity contribution >= 4 is 17.7 Å². The van der Waals surface area contributed by atoms with Gasteiger partial charge >= 0.3 is 0 Å². The third-order valence-corrected chi connectivity index (χ3v) is 3.10. The van der Waals surface area contributed by atoms with Crippen molar-refractivity contribution in [2.75, 3.05) is 13.1 Å². The van der Waals surface area contributed by atoms with Gasteiger partial charge in [-0.15, -0.1) is 0 Å². The first kappa shape index (κ1) is 12.7. The third-order valence-electron chi connectivity index (χ3n) is 3.10. The summed E-state index contributed by atoms with van der Waals surface area (Å²) in [7, 11) is 0. The van der Waals surface area contributed by atoms with E-state index in [0.717, 1.165) is 24.9 Å². The summed E-state index contributed by atoms with van der Waals surface area (Å²) >= 11 is 0. The van der Waals surface area contributed by atoms with E-state index in [2.05, 4.69) is 41.3 Å². The Bertz CT molecular complexity index is 585. The van der Waals surface area contributed by atoms with E-state index in [1.807, 2.05) is 25.2 Å². The molecule has 0 atom stereocenters. The van der Waals surface area contributed by atoms with Gasteiger partial charge in [0.2, 0.25) is 0 Å². The van der Waals surface area contributed by atoms with Crippen LogP contribution in [-0.4, -0.2) is 18.1 Å². The Hall–Kier alpha value is -1.80. The summed E-state index contributed by atoms with van der Waals surface area (Å²) in [4.78, 5) is 3.34. The van der Waals surface area contributed by atoms with Gasteiger partial charge in [-0.05, 0) is 31.5 Å². The monoisotopic (exact) mass is 240 g/mol. The molecule has 0 fully saturated rings. The standard InChI is InChI=1S/C16H20N2/c1-3-5-7-16-14(6-4-2)15(12-18-16)13-8-10-17-11-9-13/h3-8,12,17-18H,2,9-11H2,1H3/b5-3-,14-6-,16-7+. The van der Waals surface area contributed by atoms with Gasteiger partial charge in [0.1, 0.15) is 0 Å². The second-order valence-electron chi connectivity index (χ2n) is 4.31. The van der Waals surface area contributed by atoms with Crippen molar-refractivity contribution in [2.24, 2.45) is 0 Å². The molecule has 0 unspecified atom stereocenters. The summed E-state index contributed by atoms with van der Waals surface area (Å²) in [5.74, 6) is 0. The quantitative estimate of drug-likeness (QED) is 0.827. The van der Waals surface area contributed by atoms with Gasteiger partial charge in [-0.1, -0.05) is 37.0 Å². The highest BCUT2D eigenvalue weighted by atomic mass is 14.8. The van der Waals surface area contributed by atoms with Crippen LogP contribution in [0.15, 0.2) is 37.1 Å². The topological polar surface area (TPSA) is 27.8 Å². The molecule has 1 aliphatic heterocycles. The SMILES string of the molecule is C=C/C=c1/c(C2=CCNCC2)c[nH]/c1=C/C=C\C. The Morgan fingerprint density at radius 3 is 2.89 bits per heavy atom. The van der Waals surface area contributed by atoms with Crippen LogP contribution >= 0.6 is 0 Å². The minimum absolute atomic E-state index is 0.960. The lowest BCUT2D eigenvalue weighted by atomic mass is 10.0. The molecule has 1 aromatic rings. The van der Waals surface area contributed by atoms with Gasteiger partial charge in [0.25, 0.3) is 0 Å². The Morgan fingerprint density at radius 2 is 2.22 bits per heavy atom. The van der Waals surface area contributed by atoms with Gasteiger partial charge in [0.15, 0.2) is 0 Å². The van der Waals surface area contributed by atoms with Crippen molar-refractivity contribution in [3.8, 4) is 0 Å². The summed E-state index contributed by atoms with van der Waals surface area (Å²) in [5.41, 5.74) is 2.71. The Labute approximate surface area is 108 Å². The lowest BCUT2D eigenvalue weighted by molar-refractivity contribution is 0.738. The van der Waals surface area contributed by atoms with Crippen molar-refractivity contribution in [3.63, 3.8) is 0 Å². The highest BCUT2D eigenvalue weighted by Crippen LogP contribution is 2.14. The summed E-state index contributed by atoms with van der Waals surface area (Å²) in [6.45, 7) is 7.84. The molecule has 1 aliphatic rings. The summed E-state index contributed by atoms with van der Waals surface area (Å²) in [6.07, 6.45) is 15.5. The van der Waals surface area contributed by atoms with Crippen LogP contribution in [-0.2, 0) is 0 Å². The summed E-state index contributed by atoms with van der Waals surface area (Å²) in [6, 6.07) is 0. The maximum Gasteiger partial charge on any atom is 0.0460 e. The van der Waals surface area contributed by atoms with Crippen molar-refractivity contribution in [3.05, 3.63) is 53.2 Å². The van der Waals surface area contributed by atoms with E-state index < -0.39 is 0 Å². The van der Waals surface area contributed by atoms with Crippen molar-refractivity contribution in [1.82, 2.24) is 10.3 Å². The Kier molecular flexibility index (Phi) is 4.37. The molecule has 0 saturated heterocycles. The first-order valence-corrected chi connectivity index (χ1v) is 6.40. The van der Waals surface area contributed by atoms with Crippen LogP contribution in [0.25, 0.3) is 17.7 Å². The fourth-order valence-electron chi connectivity index (χ4n) is 2.21. The third kappa shape index (κ3) is 2.71. The molecule has 0 aromatic carbocycles. The number of allylic oxidation sites excluding steroid dienone is 3. The fourth-order valence-corrected chi connectivity index (χ4v) is 2.21. The average molecular weight is 240 g/mol. The molecule has 0 saturated carbocycles. The number of hydrogen-bond acceptors (Lipinski definition) is 1. The summed E-state index contributed by atoms with van der Waals surface area (Å²) < 4.78 is 0. The lowest BCUT2D eigenvalue weighted by Gasteiger charge is -2.12. The minimum atomic E-state index is 0.960. The van der Waals surface area contributed by atoms with E-state index in [1.54, 1.807) is 0 Å². The minimum Gasteiger partial charge on any atom is -0.361 e. The summed E-state index contributed by atoms with van der Waals surface area (Å²) in [5, 5.41) is 5.71. The van der Waals surface area contributed by atoms with Crippen LogP contribution in [0.2, 0.25) is 0 Å². The van der Waals surface area contributed by atoms with Gasteiger partial charge in [-0.2, -0.15) is 0 Å². The molecule has 2 heteroatoms. The van der Waals surface area contributed by atoms with Crippen LogP contribution in [0, 0.1) is 0 Å². The molecule has 0 amide bonds. The molecule has 18 heavy (non-hydrogen) atoms. The molecule has 0 radical (unpaired) electrons. The van der Waals surface area contributed by atoms with Crippen LogP contribution in [0.3, 0.4) is 0 Å². The molecule has 0 bridgehead atoms. The first-order chi connectivity index (χ1) is 8.86. The molecule has 0 aliphatic carbocycles. The molecule has 94 valence electrons. The zero-order chi connectivity index (χ0) is 12.8. The normalized spacial score (nSPS) is 18.4. The molecular weight excluding hydrogens is 220 g/mol. The Balaban J connectivity index is 2.55. The molecule has 2 nitrogen and oxygen atoms in total. The highest BCUT2D eigenvalue weighted by Gasteiger charge is 2.08. The van der Waals surface area contributed by atoms with E-state index in [0.29, 0.717) is 0 Å². The smallest absolute Gasteiger partial charge is 0.0460 e.